The third-order valence-electron chi connectivity index (χ3n) is 2.27. The van der Waals surface area contributed by atoms with Crippen LogP contribution in [0.2, 0.25) is 0 Å². The highest BCUT2D eigenvalue weighted by Gasteiger charge is 2.00. The van der Waals surface area contributed by atoms with E-state index in [4.69, 9.17) is 5.11 Å². The van der Waals surface area contributed by atoms with Crippen molar-refractivity contribution >= 4 is 0 Å². The Morgan fingerprint density at radius 1 is 1.19 bits per heavy atom. The van der Waals surface area contributed by atoms with Gasteiger partial charge in [-0.2, -0.15) is 0 Å². The Kier molecular flexibility index (Phi) is 3.00. The van der Waals surface area contributed by atoms with E-state index in [1.807, 2.05) is 30.3 Å². The molecule has 0 radical (unpaired) electrons. The minimum atomic E-state index is -0.324. The monoisotopic (exact) mass is 216 g/mol. The van der Waals surface area contributed by atoms with Crippen LogP contribution in [0, 0.1) is 0 Å². The van der Waals surface area contributed by atoms with Crippen LogP contribution in [0.5, 0.6) is 5.88 Å². The molecule has 0 aliphatic rings. The van der Waals surface area contributed by atoms with E-state index in [9.17, 15) is 4.79 Å². The van der Waals surface area contributed by atoms with E-state index in [0.717, 1.165) is 12.5 Å². The van der Waals surface area contributed by atoms with Crippen molar-refractivity contribution < 1.29 is 5.11 Å². The van der Waals surface area contributed by atoms with Crippen LogP contribution in [0.25, 0.3) is 0 Å². The highest BCUT2D eigenvalue weighted by molar-refractivity contribution is 5.16. The first-order chi connectivity index (χ1) is 7.74. The third kappa shape index (κ3) is 2.70. The number of benzene rings is 1. The summed E-state index contributed by atoms with van der Waals surface area (Å²) in [5, 5.41) is 9.16. The molecule has 0 unspecified atom stereocenters. The molecule has 2 aromatic rings. The largest absolute Gasteiger partial charge is 0.493 e. The number of aromatic nitrogens is 2. The van der Waals surface area contributed by atoms with Gasteiger partial charge in [0.2, 0.25) is 5.88 Å². The summed E-state index contributed by atoms with van der Waals surface area (Å²) in [7, 11) is 0. The number of aromatic amines is 1. The van der Waals surface area contributed by atoms with E-state index in [-0.39, 0.29) is 11.4 Å². The maximum atomic E-state index is 11.1. The molecule has 0 atom stereocenters. The van der Waals surface area contributed by atoms with Crippen molar-refractivity contribution in [1.82, 2.24) is 9.97 Å². The summed E-state index contributed by atoms with van der Waals surface area (Å²) in [6.45, 7) is 0. The molecular weight excluding hydrogens is 204 g/mol. The minimum Gasteiger partial charge on any atom is -0.493 e. The Hall–Kier alpha value is -2.10. The van der Waals surface area contributed by atoms with Gasteiger partial charge in [0.15, 0.2) is 0 Å². The Balaban J connectivity index is 2.08. The Morgan fingerprint density at radius 3 is 2.62 bits per heavy atom. The van der Waals surface area contributed by atoms with E-state index >= 15 is 0 Å². The third-order valence-corrected chi connectivity index (χ3v) is 2.27. The zero-order chi connectivity index (χ0) is 11.4. The Morgan fingerprint density at radius 2 is 1.94 bits per heavy atom. The van der Waals surface area contributed by atoms with Gasteiger partial charge in [-0.25, -0.2) is 4.98 Å². The lowest BCUT2D eigenvalue weighted by Gasteiger charge is -2.01. The predicted octanol–water partition coefficient (Wildman–Crippen LogP) is 1.26. The fourth-order valence-electron chi connectivity index (χ4n) is 1.52. The lowest BCUT2D eigenvalue weighted by Crippen LogP contribution is -2.10. The molecule has 0 amide bonds. The molecule has 2 N–H and O–H groups in total. The van der Waals surface area contributed by atoms with E-state index in [1.165, 1.54) is 5.56 Å². The maximum Gasteiger partial charge on any atom is 0.254 e. The number of H-pyrrole nitrogens is 1. The first-order valence-electron chi connectivity index (χ1n) is 5.07. The molecule has 0 saturated heterocycles. The van der Waals surface area contributed by atoms with Gasteiger partial charge >= 0.3 is 0 Å². The summed E-state index contributed by atoms with van der Waals surface area (Å²) in [4.78, 5) is 17.5. The Labute approximate surface area is 92.6 Å². The highest BCUT2D eigenvalue weighted by atomic mass is 16.3. The SMILES string of the molecule is O=c1cc(O)nc(CCc2ccccc2)[nH]1. The zero-order valence-electron chi connectivity index (χ0n) is 8.68. The van der Waals surface area contributed by atoms with Gasteiger partial charge in [-0.15, -0.1) is 0 Å². The van der Waals surface area contributed by atoms with Gasteiger partial charge < -0.3 is 10.1 Å². The molecule has 0 fully saturated rings. The molecular formula is C12H12N2O2. The number of aryl methyl sites for hydroxylation is 2. The lowest BCUT2D eigenvalue weighted by atomic mass is 10.1. The zero-order valence-corrected chi connectivity index (χ0v) is 8.68. The van der Waals surface area contributed by atoms with Crippen molar-refractivity contribution in [2.45, 2.75) is 12.8 Å². The summed E-state index contributed by atoms with van der Waals surface area (Å²) in [5.74, 6) is 0.278. The molecule has 1 aromatic heterocycles. The molecule has 16 heavy (non-hydrogen) atoms. The van der Waals surface area contributed by atoms with Gasteiger partial charge in [-0.3, -0.25) is 4.79 Å². The average Bonchev–Trinajstić information content (AvgIpc) is 2.27. The number of hydrogen-bond donors (Lipinski definition) is 2. The van der Waals surface area contributed by atoms with Crippen LogP contribution in [0.1, 0.15) is 11.4 Å². The second-order valence-electron chi connectivity index (χ2n) is 3.54. The topological polar surface area (TPSA) is 66.0 Å². The van der Waals surface area contributed by atoms with Crippen molar-refractivity contribution in [3.05, 3.63) is 58.1 Å². The molecule has 0 aliphatic heterocycles. The molecule has 0 aliphatic carbocycles. The molecule has 82 valence electrons. The molecule has 0 spiro atoms. The van der Waals surface area contributed by atoms with Crippen molar-refractivity contribution in [2.24, 2.45) is 0 Å². The number of nitrogens with zero attached hydrogens (tertiary/aromatic N) is 1. The van der Waals surface area contributed by atoms with Crippen LogP contribution in [0.4, 0.5) is 0 Å². The Bertz CT molecular complexity index is 520. The lowest BCUT2D eigenvalue weighted by molar-refractivity contribution is 0.447. The van der Waals surface area contributed by atoms with Crippen molar-refractivity contribution in [3.8, 4) is 5.88 Å². The summed E-state index contributed by atoms with van der Waals surface area (Å²) in [6.07, 6.45) is 1.39. The first-order valence-corrected chi connectivity index (χ1v) is 5.07. The van der Waals surface area contributed by atoms with Crippen LogP contribution >= 0.6 is 0 Å². The quantitative estimate of drug-likeness (QED) is 0.811. The van der Waals surface area contributed by atoms with Crippen LogP contribution in [0.3, 0.4) is 0 Å². The van der Waals surface area contributed by atoms with Gasteiger partial charge in [-0.05, 0) is 12.0 Å². The van der Waals surface area contributed by atoms with Crippen LogP contribution in [-0.2, 0) is 12.8 Å². The van der Waals surface area contributed by atoms with E-state index in [1.54, 1.807) is 0 Å². The summed E-state index contributed by atoms with van der Waals surface area (Å²) >= 11 is 0. The molecule has 1 heterocycles. The normalized spacial score (nSPS) is 10.2. The second kappa shape index (κ2) is 4.61. The molecule has 1 aromatic carbocycles. The molecule has 0 bridgehead atoms. The predicted molar refractivity (Wildman–Crippen MR) is 60.4 cm³/mol. The van der Waals surface area contributed by atoms with Crippen LogP contribution < -0.4 is 5.56 Å². The fourth-order valence-corrected chi connectivity index (χ4v) is 1.52. The van der Waals surface area contributed by atoms with Gasteiger partial charge in [0.05, 0.1) is 6.07 Å². The standard InChI is InChI=1S/C12H12N2O2/c15-11-8-12(16)14-10(13-11)7-6-9-4-2-1-3-5-9/h1-5,8H,6-7H2,(H2,13,14,15,16). The smallest absolute Gasteiger partial charge is 0.254 e. The number of hydrogen-bond acceptors (Lipinski definition) is 3. The maximum absolute atomic E-state index is 11.1. The van der Waals surface area contributed by atoms with E-state index in [0.29, 0.717) is 12.2 Å². The first kappa shape index (κ1) is 10.4. The average molecular weight is 216 g/mol. The van der Waals surface area contributed by atoms with Crippen LogP contribution in [0.15, 0.2) is 41.2 Å². The fraction of sp³-hybridized carbons (Fsp3) is 0.167. The van der Waals surface area contributed by atoms with Crippen molar-refractivity contribution in [1.29, 1.82) is 0 Å². The van der Waals surface area contributed by atoms with Crippen LogP contribution in [-0.4, -0.2) is 15.1 Å². The van der Waals surface area contributed by atoms with E-state index < -0.39 is 0 Å². The minimum absolute atomic E-state index is 0.230. The number of nitrogens with one attached hydrogen (secondary N) is 1. The molecule has 4 heteroatoms. The van der Waals surface area contributed by atoms with Gasteiger partial charge in [-0.1, -0.05) is 30.3 Å². The van der Waals surface area contributed by atoms with Gasteiger partial charge in [0.25, 0.3) is 5.56 Å². The number of aromatic hydroxyl groups is 1. The summed E-state index contributed by atoms with van der Waals surface area (Å²) in [6, 6.07) is 11.0. The number of rotatable bonds is 3. The summed E-state index contributed by atoms with van der Waals surface area (Å²) in [5.41, 5.74) is 0.851. The van der Waals surface area contributed by atoms with Gasteiger partial charge in [0, 0.05) is 6.42 Å². The van der Waals surface area contributed by atoms with Crippen molar-refractivity contribution in [3.63, 3.8) is 0 Å². The van der Waals surface area contributed by atoms with E-state index in [2.05, 4.69) is 9.97 Å². The molecule has 2 rings (SSSR count). The molecule has 4 nitrogen and oxygen atoms in total. The van der Waals surface area contributed by atoms with Gasteiger partial charge in [0.1, 0.15) is 5.82 Å². The highest BCUT2D eigenvalue weighted by Crippen LogP contribution is 2.04. The summed E-state index contributed by atoms with van der Waals surface area (Å²) < 4.78 is 0. The second-order valence-corrected chi connectivity index (χ2v) is 3.54. The van der Waals surface area contributed by atoms with Crippen molar-refractivity contribution in [2.75, 3.05) is 0 Å². The molecule has 0 saturated carbocycles.